The number of benzene rings is 3. The molecule has 0 saturated carbocycles. The van der Waals surface area contributed by atoms with Crippen LogP contribution in [0.5, 0.6) is 5.75 Å². The number of nitrogens with zero attached hydrogens (tertiary/aromatic N) is 4. The summed E-state index contributed by atoms with van der Waals surface area (Å²) in [6.45, 7) is 0.550. The van der Waals surface area contributed by atoms with E-state index in [4.69, 9.17) is 11.6 Å². The first-order chi connectivity index (χ1) is 15.7. The Labute approximate surface area is 190 Å². The molecule has 4 aromatic rings. The number of nitrogens with one attached hydrogen (secondary N) is 3. The standard InChI is InChI=1S/C23H20ClN7O/c24-18-11-12-20(32)17(13-18)15-26-31-23-29-21(25-14-16-7-3-1-4-8-16)28-22(30-23)27-19-9-5-2-6-10-19/h1-13,15,32H,14H2,(H3,25,27,28,29,30,31). The maximum absolute atomic E-state index is 9.92. The molecule has 0 amide bonds. The number of hydrazone groups is 1. The normalized spacial score (nSPS) is 10.8. The molecular formula is C23H20ClN7O. The number of aromatic nitrogens is 3. The van der Waals surface area contributed by atoms with Gasteiger partial charge in [0.1, 0.15) is 5.75 Å². The first-order valence-electron chi connectivity index (χ1n) is 9.79. The van der Waals surface area contributed by atoms with Crippen molar-refractivity contribution in [3.05, 3.63) is 95.0 Å². The van der Waals surface area contributed by atoms with E-state index in [0.717, 1.165) is 11.3 Å². The van der Waals surface area contributed by atoms with E-state index in [2.05, 4.69) is 36.1 Å². The Kier molecular flexibility index (Phi) is 6.74. The Morgan fingerprint density at radius 1 is 0.844 bits per heavy atom. The van der Waals surface area contributed by atoms with Gasteiger partial charge in [-0.25, -0.2) is 5.43 Å². The molecule has 160 valence electrons. The number of rotatable bonds is 8. The number of hydrogen-bond donors (Lipinski definition) is 4. The third-order valence-corrected chi connectivity index (χ3v) is 4.55. The molecule has 3 aromatic carbocycles. The van der Waals surface area contributed by atoms with Gasteiger partial charge in [0, 0.05) is 22.8 Å². The van der Waals surface area contributed by atoms with Crippen molar-refractivity contribution < 1.29 is 5.11 Å². The molecule has 4 N–H and O–H groups in total. The summed E-state index contributed by atoms with van der Waals surface area (Å²) >= 11 is 5.97. The van der Waals surface area contributed by atoms with Crippen molar-refractivity contribution in [2.24, 2.45) is 5.10 Å². The number of para-hydroxylation sites is 1. The molecule has 0 aliphatic heterocycles. The summed E-state index contributed by atoms with van der Waals surface area (Å²) in [5, 5.41) is 20.9. The lowest BCUT2D eigenvalue weighted by Gasteiger charge is -2.10. The van der Waals surface area contributed by atoms with Crippen molar-refractivity contribution in [3.63, 3.8) is 0 Å². The van der Waals surface area contributed by atoms with Gasteiger partial charge in [-0.05, 0) is 35.9 Å². The fourth-order valence-electron chi connectivity index (χ4n) is 2.78. The van der Waals surface area contributed by atoms with Gasteiger partial charge in [-0.2, -0.15) is 20.1 Å². The molecule has 0 bridgehead atoms. The molecule has 1 aromatic heterocycles. The van der Waals surface area contributed by atoms with E-state index < -0.39 is 0 Å². The summed E-state index contributed by atoms with van der Waals surface area (Å²) in [7, 11) is 0. The van der Waals surface area contributed by atoms with Crippen LogP contribution in [-0.2, 0) is 6.54 Å². The molecule has 0 unspecified atom stereocenters. The first kappa shape index (κ1) is 21.1. The van der Waals surface area contributed by atoms with Gasteiger partial charge in [-0.3, -0.25) is 0 Å². The van der Waals surface area contributed by atoms with Crippen LogP contribution in [0.15, 0.2) is 84.0 Å². The van der Waals surface area contributed by atoms with E-state index in [1.165, 1.54) is 12.3 Å². The van der Waals surface area contributed by atoms with Crippen molar-refractivity contribution in [2.75, 3.05) is 16.1 Å². The lowest BCUT2D eigenvalue weighted by atomic mass is 10.2. The van der Waals surface area contributed by atoms with Gasteiger partial charge < -0.3 is 15.7 Å². The van der Waals surface area contributed by atoms with Crippen LogP contribution < -0.4 is 16.1 Å². The fraction of sp³-hybridized carbons (Fsp3) is 0.0435. The molecule has 0 fully saturated rings. The maximum Gasteiger partial charge on any atom is 0.250 e. The highest BCUT2D eigenvalue weighted by Gasteiger charge is 2.07. The molecule has 0 atom stereocenters. The average Bonchev–Trinajstić information content (AvgIpc) is 2.81. The lowest BCUT2D eigenvalue weighted by molar-refractivity contribution is 0.474. The molecule has 0 radical (unpaired) electrons. The second-order valence-electron chi connectivity index (χ2n) is 6.71. The molecule has 0 saturated heterocycles. The fourth-order valence-corrected chi connectivity index (χ4v) is 2.96. The number of phenolic OH excluding ortho intramolecular Hbond substituents is 1. The van der Waals surface area contributed by atoms with Gasteiger partial charge in [-0.1, -0.05) is 60.1 Å². The van der Waals surface area contributed by atoms with E-state index in [1.807, 2.05) is 60.7 Å². The number of anilines is 4. The SMILES string of the molecule is Oc1ccc(Cl)cc1C=NNc1nc(NCc2ccccc2)nc(Nc2ccccc2)n1. The highest BCUT2D eigenvalue weighted by molar-refractivity contribution is 6.30. The van der Waals surface area contributed by atoms with E-state index in [9.17, 15) is 5.11 Å². The third kappa shape index (κ3) is 5.93. The van der Waals surface area contributed by atoms with Crippen molar-refractivity contribution in [2.45, 2.75) is 6.54 Å². The van der Waals surface area contributed by atoms with Crippen LogP contribution in [0.2, 0.25) is 5.02 Å². The smallest absolute Gasteiger partial charge is 0.250 e. The Morgan fingerprint density at radius 3 is 2.31 bits per heavy atom. The summed E-state index contributed by atoms with van der Waals surface area (Å²) in [4.78, 5) is 13.2. The Bertz CT molecular complexity index is 1200. The van der Waals surface area contributed by atoms with Gasteiger partial charge in [0.2, 0.25) is 17.8 Å². The minimum atomic E-state index is 0.0623. The van der Waals surface area contributed by atoms with Crippen molar-refractivity contribution in [1.82, 2.24) is 15.0 Å². The molecule has 32 heavy (non-hydrogen) atoms. The van der Waals surface area contributed by atoms with Gasteiger partial charge in [0.15, 0.2) is 0 Å². The number of hydrogen-bond acceptors (Lipinski definition) is 8. The van der Waals surface area contributed by atoms with Crippen LogP contribution in [0.4, 0.5) is 23.5 Å². The van der Waals surface area contributed by atoms with Crippen LogP contribution in [0, 0.1) is 0 Å². The lowest BCUT2D eigenvalue weighted by Crippen LogP contribution is -2.09. The molecule has 8 nitrogen and oxygen atoms in total. The molecule has 0 aliphatic carbocycles. The largest absolute Gasteiger partial charge is 0.507 e. The van der Waals surface area contributed by atoms with Crippen molar-refractivity contribution >= 4 is 41.3 Å². The second kappa shape index (κ2) is 10.2. The summed E-state index contributed by atoms with van der Waals surface area (Å²) in [6, 6.07) is 24.2. The highest BCUT2D eigenvalue weighted by Crippen LogP contribution is 2.20. The predicted octanol–water partition coefficient (Wildman–Crippen LogP) is 5.03. The van der Waals surface area contributed by atoms with Gasteiger partial charge >= 0.3 is 0 Å². The molecule has 4 rings (SSSR count). The predicted molar refractivity (Wildman–Crippen MR) is 128 cm³/mol. The zero-order chi connectivity index (χ0) is 22.2. The van der Waals surface area contributed by atoms with Crippen LogP contribution in [0.1, 0.15) is 11.1 Å². The highest BCUT2D eigenvalue weighted by atomic mass is 35.5. The monoisotopic (exact) mass is 445 g/mol. The van der Waals surface area contributed by atoms with E-state index in [-0.39, 0.29) is 11.7 Å². The van der Waals surface area contributed by atoms with Crippen LogP contribution in [0.25, 0.3) is 0 Å². The summed E-state index contributed by atoms with van der Waals surface area (Å²) in [5.74, 6) is 1.02. The zero-order valence-electron chi connectivity index (χ0n) is 16.9. The van der Waals surface area contributed by atoms with Crippen LogP contribution in [-0.4, -0.2) is 26.3 Å². The molecule has 0 aliphatic rings. The summed E-state index contributed by atoms with van der Waals surface area (Å²) < 4.78 is 0. The van der Waals surface area contributed by atoms with Crippen molar-refractivity contribution in [1.29, 1.82) is 0 Å². The van der Waals surface area contributed by atoms with Crippen LogP contribution in [0.3, 0.4) is 0 Å². The van der Waals surface area contributed by atoms with Gasteiger partial charge in [0.05, 0.1) is 6.21 Å². The Morgan fingerprint density at radius 2 is 1.53 bits per heavy atom. The average molecular weight is 446 g/mol. The Hall–Kier alpha value is -4.17. The van der Waals surface area contributed by atoms with Crippen LogP contribution >= 0.6 is 11.6 Å². The minimum Gasteiger partial charge on any atom is -0.507 e. The zero-order valence-corrected chi connectivity index (χ0v) is 17.7. The topological polar surface area (TPSA) is 107 Å². The van der Waals surface area contributed by atoms with Crippen molar-refractivity contribution in [3.8, 4) is 5.75 Å². The molecule has 9 heteroatoms. The van der Waals surface area contributed by atoms with E-state index >= 15 is 0 Å². The van der Waals surface area contributed by atoms with Gasteiger partial charge in [-0.15, -0.1) is 0 Å². The third-order valence-electron chi connectivity index (χ3n) is 4.32. The number of aromatic hydroxyl groups is 1. The Balaban J connectivity index is 1.54. The quantitative estimate of drug-likeness (QED) is 0.222. The van der Waals surface area contributed by atoms with E-state index in [0.29, 0.717) is 29.0 Å². The summed E-state index contributed by atoms with van der Waals surface area (Å²) in [6.07, 6.45) is 1.44. The number of halogens is 1. The molecular weight excluding hydrogens is 426 g/mol. The molecule has 0 spiro atoms. The maximum atomic E-state index is 9.92. The number of phenols is 1. The first-order valence-corrected chi connectivity index (χ1v) is 10.2. The summed E-state index contributed by atoms with van der Waals surface area (Å²) in [5.41, 5.74) is 5.17. The van der Waals surface area contributed by atoms with E-state index in [1.54, 1.807) is 12.1 Å². The van der Waals surface area contributed by atoms with Gasteiger partial charge in [0.25, 0.3) is 0 Å². The minimum absolute atomic E-state index is 0.0623. The molecule has 1 heterocycles. The second-order valence-corrected chi connectivity index (χ2v) is 7.15.